The molecule has 0 unspecified atom stereocenters. The second kappa shape index (κ2) is 9.77. The van der Waals surface area contributed by atoms with Gasteiger partial charge in [0.25, 0.3) is 0 Å². The predicted octanol–water partition coefficient (Wildman–Crippen LogP) is 4.06. The maximum absolute atomic E-state index is 13.4. The van der Waals surface area contributed by atoms with Gasteiger partial charge >= 0.3 is 0 Å². The van der Waals surface area contributed by atoms with E-state index in [0.29, 0.717) is 19.4 Å². The Labute approximate surface area is 195 Å². The zero-order valence-corrected chi connectivity index (χ0v) is 19.7. The van der Waals surface area contributed by atoms with Crippen LogP contribution in [0.25, 0.3) is 0 Å². The average molecular weight is 448 g/mol. The number of nitrogens with one attached hydrogen (secondary N) is 2. The lowest BCUT2D eigenvalue weighted by Gasteiger charge is -2.32. The highest BCUT2D eigenvalue weighted by atomic mass is 16.2. The van der Waals surface area contributed by atoms with Gasteiger partial charge in [-0.25, -0.2) is 0 Å². The molecule has 0 aromatic heterocycles. The van der Waals surface area contributed by atoms with Crippen LogP contribution in [0.3, 0.4) is 0 Å². The van der Waals surface area contributed by atoms with Gasteiger partial charge in [0.15, 0.2) is 0 Å². The van der Waals surface area contributed by atoms with E-state index in [1.54, 1.807) is 0 Å². The van der Waals surface area contributed by atoms with Crippen LogP contribution < -0.4 is 15.5 Å². The summed E-state index contributed by atoms with van der Waals surface area (Å²) in [7, 11) is 0. The predicted molar refractivity (Wildman–Crippen MR) is 130 cm³/mol. The van der Waals surface area contributed by atoms with Gasteiger partial charge in [-0.05, 0) is 62.8 Å². The van der Waals surface area contributed by atoms with Crippen molar-refractivity contribution in [3.63, 3.8) is 0 Å². The zero-order chi connectivity index (χ0) is 23.5. The van der Waals surface area contributed by atoms with E-state index >= 15 is 0 Å². The number of fused-ring (bicyclic) bond motifs is 1. The van der Waals surface area contributed by atoms with E-state index in [1.807, 2.05) is 56.0 Å². The molecule has 1 fully saturated rings. The van der Waals surface area contributed by atoms with E-state index in [-0.39, 0.29) is 30.2 Å². The summed E-state index contributed by atoms with van der Waals surface area (Å²) in [6.07, 6.45) is 4.11. The monoisotopic (exact) mass is 447 g/mol. The zero-order valence-electron chi connectivity index (χ0n) is 19.7. The molecule has 2 aliphatic rings. The highest BCUT2D eigenvalue weighted by Gasteiger charge is 2.39. The minimum atomic E-state index is -0.394. The summed E-state index contributed by atoms with van der Waals surface area (Å²) in [5.74, 6) is -1.15. The fourth-order valence-corrected chi connectivity index (χ4v) is 5.37. The van der Waals surface area contributed by atoms with Gasteiger partial charge in [-0.2, -0.15) is 0 Å². The molecule has 2 atom stereocenters. The first kappa shape index (κ1) is 23.0. The van der Waals surface area contributed by atoms with Crippen LogP contribution in [0.5, 0.6) is 0 Å². The van der Waals surface area contributed by atoms with Gasteiger partial charge in [-0.15, -0.1) is 0 Å². The largest absolute Gasteiger partial charge is 0.347 e. The molecule has 2 aromatic carbocycles. The molecule has 0 saturated heterocycles. The van der Waals surface area contributed by atoms with Crippen LogP contribution in [0.4, 0.5) is 11.4 Å². The molecule has 3 amide bonds. The van der Waals surface area contributed by atoms with E-state index in [2.05, 4.69) is 16.7 Å². The first-order valence-electron chi connectivity index (χ1n) is 11.9. The Balaban J connectivity index is 1.39. The summed E-state index contributed by atoms with van der Waals surface area (Å²) < 4.78 is 0. The lowest BCUT2D eigenvalue weighted by molar-refractivity contribution is -0.135. The van der Waals surface area contributed by atoms with Crippen LogP contribution in [0.2, 0.25) is 0 Å². The molecule has 4 rings (SSSR count). The van der Waals surface area contributed by atoms with Gasteiger partial charge in [0, 0.05) is 23.8 Å². The van der Waals surface area contributed by atoms with Crippen molar-refractivity contribution in [3.05, 3.63) is 58.7 Å². The average Bonchev–Trinajstić information content (AvgIpc) is 3.23. The van der Waals surface area contributed by atoms with Gasteiger partial charge in [0.1, 0.15) is 0 Å². The molecule has 0 bridgehead atoms. The summed E-state index contributed by atoms with van der Waals surface area (Å²) >= 11 is 0. The number of para-hydroxylation sites is 1. The Morgan fingerprint density at radius 2 is 1.64 bits per heavy atom. The van der Waals surface area contributed by atoms with Crippen LogP contribution in [-0.2, 0) is 20.8 Å². The number of carbonyl (C=O) groups is 3. The van der Waals surface area contributed by atoms with Crippen LogP contribution in [0, 0.1) is 32.6 Å². The van der Waals surface area contributed by atoms with Crippen molar-refractivity contribution in [1.29, 1.82) is 0 Å². The van der Waals surface area contributed by atoms with Crippen molar-refractivity contribution in [2.24, 2.45) is 11.8 Å². The van der Waals surface area contributed by atoms with Gasteiger partial charge in [0.2, 0.25) is 17.7 Å². The quantitative estimate of drug-likeness (QED) is 0.726. The Bertz CT molecular complexity index is 1060. The third-order valence-electron chi connectivity index (χ3n) is 6.94. The Morgan fingerprint density at radius 1 is 0.970 bits per heavy atom. The van der Waals surface area contributed by atoms with Gasteiger partial charge in [0.05, 0.1) is 12.5 Å². The molecule has 1 aliphatic heterocycles. The molecule has 0 spiro atoms. The molecule has 6 nitrogen and oxygen atoms in total. The molecule has 1 aliphatic carbocycles. The standard InChI is InChI=1S/C27H33N3O3/c1-17-14-18(2)25(19(3)15-17)29-24(31)16-28-26(32)21-9-5-6-10-22(21)27(33)30-13-12-20-8-4-7-11-23(20)30/h4,7-8,11,14-15,21-22H,5-6,9-10,12-13,16H2,1-3H3,(H,28,32)(H,29,31)/t21-,22+/m1/s1. The molecule has 2 aromatic rings. The lowest BCUT2D eigenvalue weighted by atomic mass is 9.77. The minimum absolute atomic E-state index is 0.0372. The molecule has 1 heterocycles. The topological polar surface area (TPSA) is 78.5 Å². The number of nitrogens with zero attached hydrogens (tertiary/aromatic N) is 1. The summed E-state index contributed by atoms with van der Waals surface area (Å²) in [4.78, 5) is 40.9. The molecular weight excluding hydrogens is 414 g/mol. The molecular formula is C27H33N3O3. The minimum Gasteiger partial charge on any atom is -0.347 e. The number of anilines is 2. The molecule has 174 valence electrons. The van der Waals surface area contributed by atoms with E-state index in [0.717, 1.165) is 47.3 Å². The summed E-state index contributed by atoms with van der Waals surface area (Å²) in [6.45, 7) is 6.51. The highest BCUT2D eigenvalue weighted by Crippen LogP contribution is 2.36. The van der Waals surface area contributed by atoms with Crippen molar-refractivity contribution in [2.75, 3.05) is 23.3 Å². The first-order valence-corrected chi connectivity index (χ1v) is 11.9. The van der Waals surface area contributed by atoms with Crippen molar-refractivity contribution >= 4 is 29.1 Å². The number of carbonyl (C=O) groups excluding carboxylic acids is 3. The Kier molecular flexibility index (Phi) is 6.82. The SMILES string of the molecule is Cc1cc(C)c(NC(=O)CNC(=O)[C@@H]2CCCC[C@@H]2C(=O)N2CCc3ccccc32)c(C)c1. The molecule has 0 radical (unpaired) electrons. The van der Waals surface area contributed by atoms with Crippen molar-refractivity contribution < 1.29 is 14.4 Å². The highest BCUT2D eigenvalue weighted by molar-refractivity contribution is 6.00. The van der Waals surface area contributed by atoms with Crippen molar-refractivity contribution in [3.8, 4) is 0 Å². The number of benzene rings is 2. The third-order valence-corrected chi connectivity index (χ3v) is 6.94. The first-order chi connectivity index (χ1) is 15.8. The normalized spacial score (nSPS) is 19.7. The fourth-order valence-electron chi connectivity index (χ4n) is 5.37. The molecule has 33 heavy (non-hydrogen) atoms. The number of aryl methyl sites for hydroxylation is 3. The third kappa shape index (κ3) is 4.95. The second-order valence-corrected chi connectivity index (χ2v) is 9.41. The second-order valence-electron chi connectivity index (χ2n) is 9.41. The molecule has 2 N–H and O–H groups in total. The number of rotatable bonds is 5. The maximum atomic E-state index is 13.4. The number of hydrogen-bond acceptors (Lipinski definition) is 3. The Morgan fingerprint density at radius 3 is 2.36 bits per heavy atom. The summed E-state index contributed by atoms with van der Waals surface area (Å²) in [5, 5.41) is 5.72. The van der Waals surface area contributed by atoms with E-state index in [9.17, 15) is 14.4 Å². The van der Waals surface area contributed by atoms with Gasteiger partial charge < -0.3 is 15.5 Å². The summed E-state index contributed by atoms with van der Waals surface area (Å²) in [5.41, 5.74) is 6.08. The van der Waals surface area contributed by atoms with E-state index < -0.39 is 5.92 Å². The van der Waals surface area contributed by atoms with Crippen LogP contribution in [0.15, 0.2) is 36.4 Å². The maximum Gasteiger partial charge on any atom is 0.243 e. The molecule has 1 saturated carbocycles. The van der Waals surface area contributed by atoms with E-state index in [1.165, 1.54) is 5.56 Å². The lowest BCUT2D eigenvalue weighted by Crippen LogP contribution is -2.46. The molecule has 6 heteroatoms. The summed E-state index contributed by atoms with van der Waals surface area (Å²) in [6, 6.07) is 12.0. The van der Waals surface area contributed by atoms with Crippen LogP contribution >= 0.6 is 0 Å². The van der Waals surface area contributed by atoms with Crippen molar-refractivity contribution in [2.45, 2.75) is 52.9 Å². The van der Waals surface area contributed by atoms with E-state index in [4.69, 9.17) is 0 Å². The van der Waals surface area contributed by atoms with Gasteiger partial charge in [-0.3, -0.25) is 14.4 Å². The Hall–Kier alpha value is -3.15. The smallest absolute Gasteiger partial charge is 0.243 e. The number of hydrogen-bond donors (Lipinski definition) is 2. The number of amides is 3. The van der Waals surface area contributed by atoms with Crippen LogP contribution in [-0.4, -0.2) is 30.8 Å². The fraction of sp³-hybridized carbons (Fsp3) is 0.444. The van der Waals surface area contributed by atoms with Crippen molar-refractivity contribution in [1.82, 2.24) is 5.32 Å². The van der Waals surface area contributed by atoms with Crippen LogP contribution in [0.1, 0.15) is 47.9 Å². The van der Waals surface area contributed by atoms with Gasteiger partial charge in [-0.1, -0.05) is 48.7 Å².